The van der Waals surface area contributed by atoms with Crippen molar-refractivity contribution in [3.63, 3.8) is 0 Å². The molecule has 0 aliphatic carbocycles. The quantitative estimate of drug-likeness (QED) is 0.781. The summed E-state index contributed by atoms with van der Waals surface area (Å²) in [5, 5.41) is 13.2. The van der Waals surface area contributed by atoms with Gasteiger partial charge in [-0.25, -0.2) is 0 Å². The van der Waals surface area contributed by atoms with Gasteiger partial charge in [0.1, 0.15) is 5.75 Å². The Morgan fingerprint density at radius 3 is 2.35 bits per heavy atom. The monoisotopic (exact) mass is 236 g/mol. The van der Waals surface area contributed by atoms with Crippen molar-refractivity contribution in [2.75, 3.05) is 7.11 Å². The fourth-order valence-electron chi connectivity index (χ4n) is 1.50. The molecule has 0 heterocycles. The maximum Gasteiger partial charge on any atom is 0.217 e. The summed E-state index contributed by atoms with van der Waals surface area (Å²) in [6, 6.07) is 6.26. The van der Waals surface area contributed by atoms with Gasteiger partial charge >= 0.3 is 0 Å². The normalized spacial score (nSPS) is 11.6. The van der Waals surface area contributed by atoms with Crippen LogP contribution in [0.1, 0.15) is 24.9 Å². The van der Waals surface area contributed by atoms with E-state index in [-0.39, 0.29) is 12.3 Å². The van der Waals surface area contributed by atoms with Gasteiger partial charge in [0, 0.05) is 19.3 Å². The molecule has 1 N–H and O–H groups in total. The molecule has 1 atom stereocenters. The molecule has 0 aromatic heterocycles. The third kappa shape index (κ3) is 4.14. The fraction of sp³-hybridized carbons (Fsp3) is 0.333. The van der Waals surface area contributed by atoms with Crippen molar-refractivity contribution in [2.24, 2.45) is 0 Å². The van der Waals surface area contributed by atoms with Gasteiger partial charge in [0.2, 0.25) is 5.91 Å². The molecule has 0 fully saturated rings. The minimum Gasteiger partial charge on any atom is -0.550 e. The van der Waals surface area contributed by atoms with Crippen LogP contribution in [-0.4, -0.2) is 19.0 Å². The van der Waals surface area contributed by atoms with Crippen LogP contribution < -0.4 is 15.2 Å². The SMILES string of the molecule is COc1ccc([C@@H](CC(=O)[O-])NC(C)=O)cc1. The summed E-state index contributed by atoms with van der Waals surface area (Å²) in [6.07, 6.45) is -0.258. The van der Waals surface area contributed by atoms with Gasteiger partial charge in [-0.2, -0.15) is 0 Å². The number of hydrogen-bond acceptors (Lipinski definition) is 4. The second-order valence-electron chi connectivity index (χ2n) is 3.60. The summed E-state index contributed by atoms with van der Waals surface area (Å²) in [5.74, 6) is -0.824. The van der Waals surface area contributed by atoms with Crippen LogP contribution in [0.25, 0.3) is 0 Å². The van der Waals surface area contributed by atoms with Crippen LogP contribution in [0.15, 0.2) is 24.3 Å². The summed E-state index contributed by atoms with van der Waals surface area (Å²) in [5.41, 5.74) is 0.699. The maximum absolute atomic E-state index is 11.0. The number of benzene rings is 1. The van der Waals surface area contributed by atoms with Crippen LogP contribution >= 0.6 is 0 Å². The van der Waals surface area contributed by atoms with Crippen LogP contribution in [-0.2, 0) is 9.59 Å². The van der Waals surface area contributed by atoms with Crippen molar-refractivity contribution in [3.05, 3.63) is 29.8 Å². The number of aliphatic carboxylic acids is 1. The number of ether oxygens (including phenoxy) is 1. The molecule has 5 nitrogen and oxygen atoms in total. The highest BCUT2D eigenvalue weighted by Gasteiger charge is 2.12. The molecule has 1 rings (SSSR count). The number of amides is 1. The molecule has 0 radical (unpaired) electrons. The molecular weight excluding hydrogens is 222 g/mol. The Balaban J connectivity index is 2.86. The number of hydrogen-bond donors (Lipinski definition) is 1. The molecule has 0 aliphatic rings. The molecule has 5 heteroatoms. The van der Waals surface area contributed by atoms with Crippen LogP contribution in [0.3, 0.4) is 0 Å². The lowest BCUT2D eigenvalue weighted by Gasteiger charge is -2.19. The van der Waals surface area contributed by atoms with Gasteiger partial charge in [-0.1, -0.05) is 12.1 Å². The zero-order chi connectivity index (χ0) is 12.8. The molecular formula is C12H14NO4-. The van der Waals surface area contributed by atoms with Crippen LogP contribution in [0.4, 0.5) is 0 Å². The molecule has 1 aromatic rings. The number of carboxylic acids is 1. The number of carboxylic acid groups (broad SMARTS) is 1. The van der Waals surface area contributed by atoms with Crippen LogP contribution in [0, 0.1) is 0 Å². The highest BCUT2D eigenvalue weighted by molar-refractivity contribution is 5.75. The van der Waals surface area contributed by atoms with Gasteiger partial charge in [-0.05, 0) is 17.7 Å². The highest BCUT2D eigenvalue weighted by Crippen LogP contribution is 2.19. The average Bonchev–Trinajstić information content (AvgIpc) is 2.27. The molecule has 1 amide bonds. The van der Waals surface area contributed by atoms with Crippen molar-refractivity contribution in [1.29, 1.82) is 0 Å². The second kappa shape index (κ2) is 5.89. The Kier molecular flexibility index (Phi) is 4.51. The lowest BCUT2D eigenvalue weighted by molar-refractivity contribution is -0.306. The second-order valence-corrected chi connectivity index (χ2v) is 3.60. The molecule has 0 spiro atoms. The van der Waals surface area contributed by atoms with E-state index in [1.807, 2.05) is 0 Å². The first kappa shape index (κ1) is 13.0. The number of nitrogens with one attached hydrogen (secondary N) is 1. The van der Waals surface area contributed by atoms with E-state index in [0.717, 1.165) is 0 Å². The largest absolute Gasteiger partial charge is 0.550 e. The van der Waals surface area contributed by atoms with Gasteiger partial charge in [-0.3, -0.25) is 4.79 Å². The Morgan fingerprint density at radius 2 is 1.94 bits per heavy atom. The Labute approximate surface area is 99.4 Å². The molecule has 1 aromatic carbocycles. The van der Waals surface area contributed by atoms with Crippen molar-refractivity contribution >= 4 is 11.9 Å². The van der Waals surface area contributed by atoms with Crippen LogP contribution in [0.2, 0.25) is 0 Å². The standard InChI is InChI=1S/C12H15NO4/c1-8(14)13-11(7-12(15)16)9-3-5-10(17-2)6-4-9/h3-6,11H,7H2,1-2H3,(H,13,14)(H,15,16)/p-1/t11-/m1/s1. The predicted octanol–water partition coefficient (Wildman–Crippen LogP) is 0.0124. The van der Waals surface area contributed by atoms with Crippen molar-refractivity contribution < 1.29 is 19.4 Å². The van der Waals surface area contributed by atoms with Crippen LogP contribution in [0.5, 0.6) is 5.75 Å². The van der Waals surface area contributed by atoms with Gasteiger partial charge in [0.25, 0.3) is 0 Å². The zero-order valence-corrected chi connectivity index (χ0v) is 9.73. The summed E-state index contributed by atoms with van der Waals surface area (Å²) in [7, 11) is 1.54. The van der Waals surface area contributed by atoms with E-state index in [2.05, 4.69) is 5.32 Å². The molecule has 0 aliphatic heterocycles. The first-order chi connectivity index (χ1) is 8.02. The van der Waals surface area contributed by atoms with E-state index in [9.17, 15) is 14.7 Å². The third-order valence-electron chi connectivity index (χ3n) is 2.27. The number of carbonyl (C=O) groups excluding carboxylic acids is 2. The lowest BCUT2D eigenvalue weighted by atomic mass is 10.0. The van der Waals surface area contributed by atoms with Crippen molar-refractivity contribution in [3.8, 4) is 5.75 Å². The predicted molar refractivity (Wildman–Crippen MR) is 59.2 cm³/mol. The summed E-state index contributed by atoms with van der Waals surface area (Å²) in [4.78, 5) is 21.6. The Morgan fingerprint density at radius 1 is 1.35 bits per heavy atom. The summed E-state index contributed by atoms with van der Waals surface area (Å²) >= 11 is 0. The minimum atomic E-state index is -1.21. The molecule has 0 saturated heterocycles. The molecule has 17 heavy (non-hydrogen) atoms. The van der Waals surface area contributed by atoms with Crippen molar-refractivity contribution in [1.82, 2.24) is 5.32 Å². The first-order valence-corrected chi connectivity index (χ1v) is 5.14. The topological polar surface area (TPSA) is 78.5 Å². The van der Waals surface area contributed by atoms with E-state index >= 15 is 0 Å². The van der Waals surface area contributed by atoms with E-state index in [1.165, 1.54) is 6.92 Å². The van der Waals surface area contributed by atoms with E-state index in [1.54, 1.807) is 31.4 Å². The molecule has 0 saturated carbocycles. The number of carbonyl (C=O) groups is 2. The van der Waals surface area contributed by atoms with E-state index < -0.39 is 12.0 Å². The van der Waals surface area contributed by atoms with E-state index in [0.29, 0.717) is 11.3 Å². The van der Waals surface area contributed by atoms with Gasteiger partial charge in [-0.15, -0.1) is 0 Å². The molecule has 92 valence electrons. The lowest BCUT2D eigenvalue weighted by Crippen LogP contribution is -2.33. The molecule has 0 unspecified atom stereocenters. The van der Waals surface area contributed by atoms with Gasteiger partial charge < -0.3 is 20.0 Å². The minimum absolute atomic E-state index is 0.258. The summed E-state index contributed by atoms with van der Waals surface area (Å²) < 4.78 is 5.00. The third-order valence-corrected chi connectivity index (χ3v) is 2.27. The average molecular weight is 236 g/mol. The smallest absolute Gasteiger partial charge is 0.217 e. The van der Waals surface area contributed by atoms with Gasteiger partial charge in [0.05, 0.1) is 13.2 Å². The fourth-order valence-corrected chi connectivity index (χ4v) is 1.50. The van der Waals surface area contributed by atoms with E-state index in [4.69, 9.17) is 4.74 Å². The molecule has 0 bridgehead atoms. The van der Waals surface area contributed by atoms with Gasteiger partial charge in [0.15, 0.2) is 0 Å². The van der Waals surface area contributed by atoms with Crippen molar-refractivity contribution in [2.45, 2.75) is 19.4 Å². The highest BCUT2D eigenvalue weighted by atomic mass is 16.5. The Bertz CT molecular complexity index is 383. The number of methoxy groups -OCH3 is 1. The maximum atomic E-state index is 11.0. The zero-order valence-electron chi connectivity index (χ0n) is 9.73. The summed E-state index contributed by atoms with van der Waals surface area (Å²) in [6.45, 7) is 1.34. The Hall–Kier alpha value is -2.04. The first-order valence-electron chi connectivity index (χ1n) is 5.14. The number of rotatable bonds is 5.